The molecule has 0 spiro atoms. The summed E-state index contributed by atoms with van der Waals surface area (Å²) in [7, 11) is 0. The van der Waals surface area contributed by atoms with Gasteiger partial charge in [0.25, 0.3) is 0 Å². The Labute approximate surface area is 105 Å². The third-order valence-electron chi connectivity index (χ3n) is 2.64. The van der Waals surface area contributed by atoms with Crippen molar-refractivity contribution in [2.24, 2.45) is 0 Å². The van der Waals surface area contributed by atoms with Crippen molar-refractivity contribution in [3.8, 4) is 0 Å². The summed E-state index contributed by atoms with van der Waals surface area (Å²) in [5.41, 5.74) is 0. The fourth-order valence-electron chi connectivity index (χ4n) is 1.64. The molecule has 0 aliphatic rings. The summed E-state index contributed by atoms with van der Waals surface area (Å²) in [6.45, 7) is 3.52. The largest absolute Gasteiger partial charge is 0.389 e. The number of hydrogen-bond donors (Lipinski definition) is 1. The first-order valence-electron chi connectivity index (χ1n) is 6.34. The second-order valence-corrected chi connectivity index (χ2v) is 4.30. The number of nitrogens with one attached hydrogen (secondary N) is 1. The van der Waals surface area contributed by atoms with Crippen LogP contribution in [0.5, 0.6) is 0 Å². The number of unbranched alkanes of at least 4 members (excludes halogenated alkanes) is 2. The molecular formula is C12H20F3N3. The van der Waals surface area contributed by atoms with E-state index in [1.165, 1.54) is 0 Å². The fourth-order valence-corrected chi connectivity index (χ4v) is 1.64. The summed E-state index contributed by atoms with van der Waals surface area (Å²) >= 11 is 0. The first-order valence-corrected chi connectivity index (χ1v) is 6.34. The van der Waals surface area contributed by atoms with Crippen LogP contribution in [-0.2, 0) is 6.54 Å². The van der Waals surface area contributed by atoms with E-state index in [4.69, 9.17) is 0 Å². The van der Waals surface area contributed by atoms with Crippen LogP contribution in [0.2, 0.25) is 0 Å². The monoisotopic (exact) mass is 263 g/mol. The Hall–Kier alpha value is -1.20. The SMILES string of the molecule is CCCCNc1nccn1CCCCC(F)(F)F. The van der Waals surface area contributed by atoms with Gasteiger partial charge in [-0.25, -0.2) is 4.98 Å². The molecule has 1 N–H and O–H groups in total. The molecule has 1 aromatic rings. The Morgan fingerprint density at radius 2 is 2.06 bits per heavy atom. The molecular weight excluding hydrogens is 243 g/mol. The summed E-state index contributed by atoms with van der Waals surface area (Å²) in [4.78, 5) is 4.15. The van der Waals surface area contributed by atoms with E-state index in [2.05, 4.69) is 17.2 Å². The Morgan fingerprint density at radius 1 is 1.28 bits per heavy atom. The standard InChI is InChI=1S/C12H20F3N3/c1-2-3-7-16-11-17-8-10-18(11)9-5-4-6-12(13,14)15/h8,10H,2-7,9H2,1H3,(H,16,17). The summed E-state index contributed by atoms with van der Waals surface area (Å²) in [5, 5.41) is 3.18. The summed E-state index contributed by atoms with van der Waals surface area (Å²) in [6.07, 6.45) is 1.53. The lowest BCUT2D eigenvalue weighted by atomic mass is 10.2. The van der Waals surface area contributed by atoms with Gasteiger partial charge in [0.2, 0.25) is 5.95 Å². The van der Waals surface area contributed by atoms with Gasteiger partial charge in [0.1, 0.15) is 0 Å². The van der Waals surface area contributed by atoms with Crippen molar-refractivity contribution in [2.45, 2.75) is 51.7 Å². The van der Waals surface area contributed by atoms with E-state index in [9.17, 15) is 13.2 Å². The third-order valence-corrected chi connectivity index (χ3v) is 2.64. The van der Waals surface area contributed by atoms with Gasteiger partial charge in [0.15, 0.2) is 0 Å². The van der Waals surface area contributed by atoms with E-state index in [0.717, 1.165) is 25.3 Å². The minimum Gasteiger partial charge on any atom is -0.356 e. The number of rotatable bonds is 8. The molecule has 0 unspecified atom stereocenters. The third kappa shape index (κ3) is 5.93. The maximum absolute atomic E-state index is 12.0. The maximum Gasteiger partial charge on any atom is 0.389 e. The van der Waals surface area contributed by atoms with Crippen LogP contribution in [0.25, 0.3) is 0 Å². The van der Waals surface area contributed by atoms with Crippen LogP contribution in [0, 0.1) is 0 Å². The summed E-state index contributed by atoms with van der Waals surface area (Å²) < 4.78 is 37.8. The second-order valence-electron chi connectivity index (χ2n) is 4.30. The summed E-state index contributed by atoms with van der Waals surface area (Å²) in [6, 6.07) is 0. The lowest BCUT2D eigenvalue weighted by molar-refractivity contribution is -0.135. The highest BCUT2D eigenvalue weighted by atomic mass is 19.4. The van der Waals surface area contributed by atoms with Crippen LogP contribution < -0.4 is 5.32 Å². The molecule has 0 fully saturated rings. The van der Waals surface area contributed by atoms with Gasteiger partial charge in [-0.2, -0.15) is 13.2 Å². The number of aryl methyl sites for hydroxylation is 1. The van der Waals surface area contributed by atoms with E-state index in [1.807, 2.05) is 4.57 Å². The van der Waals surface area contributed by atoms with Gasteiger partial charge in [0.05, 0.1) is 0 Å². The van der Waals surface area contributed by atoms with Crippen molar-refractivity contribution in [3.63, 3.8) is 0 Å². The van der Waals surface area contributed by atoms with Crippen molar-refractivity contribution >= 4 is 5.95 Å². The number of alkyl halides is 3. The van der Waals surface area contributed by atoms with Crippen LogP contribution in [0.4, 0.5) is 19.1 Å². The van der Waals surface area contributed by atoms with Gasteiger partial charge in [-0.1, -0.05) is 13.3 Å². The number of hydrogen-bond acceptors (Lipinski definition) is 2. The molecule has 0 bridgehead atoms. The quantitative estimate of drug-likeness (QED) is 0.722. The molecule has 1 rings (SSSR count). The maximum atomic E-state index is 12.0. The average Bonchev–Trinajstić information content (AvgIpc) is 2.71. The highest BCUT2D eigenvalue weighted by molar-refractivity contribution is 5.25. The van der Waals surface area contributed by atoms with Gasteiger partial charge >= 0.3 is 6.18 Å². The number of aromatic nitrogens is 2. The number of imidazole rings is 1. The van der Waals surface area contributed by atoms with Crippen molar-refractivity contribution in [2.75, 3.05) is 11.9 Å². The topological polar surface area (TPSA) is 29.9 Å². The number of nitrogens with zero attached hydrogens (tertiary/aromatic N) is 2. The van der Waals surface area contributed by atoms with E-state index in [-0.39, 0.29) is 6.42 Å². The highest BCUT2D eigenvalue weighted by Crippen LogP contribution is 2.22. The number of halogens is 3. The smallest absolute Gasteiger partial charge is 0.356 e. The molecule has 0 radical (unpaired) electrons. The van der Waals surface area contributed by atoms with Crippen molar-refractivity contribution in [3.05, 3.63) is 12.4 Å². The van der Waals surface area contributed by atoms with Crippen LogP contribution >= 0.6 is 0 Å². The second kappa shape index (κ2) is 7.28. The Balaban J connectivity index is 2.27. The van der Waals surface area contributed by atoms with Crippen LogP contribution in [0.15, 0.2) is 12.4 Å². The van der Waals surface area contributed by atoms with E-state index in [1.54, 1.807) is 12.4 Å². The minimum atomic E-state index is -4.04. The molecule has 104 valence electrons. The molecule has 18 heavy (non-hydrogen) atoms. The minimum absolute atomic E-state index is 0.163. The molecule has 0 aromatic carbocycles. The van der Waals surface area contributed by atoms with Crippen LogP contribution in [-0.4, -0.2) is 22.3 Å². The highest BCUT2D eigenvalue weighted by Gasteiger charge is 2.25. The zero-order chi connectivity index (χ0) is 13.4. The Kier molecular flexibility index (Phi) is 6.01. The van der Waals surface area contributed by atoms with Gasteiger partial charge in [-0.05, 0) is 19.3 Å². The van der Waals surface area contributed by atoms with Crippen molar-refractivity contribution in [1.82, 2.24) is 9.55 Å². The molecule has 0 amide bonds. The zero-order valence-corrected chi connectivity index (χ0v) is 10.6. The normalized spacial score (nSPS) is 11.8. The lowest BCUT2D eigenvalue weighted by Crippen LogP contribution is -2.10. The molecule has 0 saturated carbocycles. The first kappa shape index (κ1) is 14.9. The summed E-state index contributed by atoms with van der Waals surface area (Å²) in [5.74, 6) is 0.746. The van der Waals surface area contributed by atoms with Crippen molar-refractivity contribution < 1.29 is 13.2 Å². The predicted molar refractivity (Wildman–Crippen MR) is 65.5 cm³/mol. The number of anilines is 1. The van der Waals surface area contributed by atoms with Gasteiger partial charge in [0, 0.05) is 31.9 Å². The van der Waals surface area contributed by atoms with Gasteiger partial charge in [-0.15, -0.1) is 0 Å². The molecule has 6 heteroatoms. The zero-order valence-electron chi connectivity index (χ0n) is 10.6. The van der Waals surface area contributed by atoms with Gasteiger partial charge in [-0.3, -0.25) is 0 Å². The predicted octanol–water partition coefficient (Wildman–Crippen LogP) is 3.83. The van der Waals surface area contributed by atoms with Crippen molar-refractivity contribution in [1.29, 1.82) is 0 Å². The first-order chi connectivity index (χ1) is 8.53. The molecule has 1 aromatic heterocycles. The fraction of sp³-hybridized carbons (Fsp3) is 0.750. The van der Waals surface area contributed by atoms with Crippen LogP contribution in [0.3, 0.4) is 0 Å². The average molecular weight is 263 g/mol. The van der Waals surface area contributed by atoms with E-state index < -0.39 is 12.6 Å². The van der Waals surface area contributed by atoms with Gasteiger partial charge < -0.3 is 9.88 Å². The van der Waals surface area contributed by atoms with E-state index in [0.29, 0.717) is 13.0 Å². The molecule has 0 saturated heterocycles. The molecule has 0 atom stereocenters. The molecule has 0 aliphatic carbocycles. The Bertz CT molecular complexity index is 334. The lowest BCUT2D eigenvalue weighted by Gasteiger charge is -2.10. The van der Waals surface area contributed by atoms with Crippen LogP contribution in [0.1, 0.15) is 39.0 Å². The van der Waals surface area contributed by atoms with E-state index >= 15 is 0 Å². The molecule has 0 aliphatic heterocycles. The Morgan fingerprint density at radius 3 is 2.72 bits per heavy atom. The molecule has 1 heterocycles. The molecule has 3 nitrogen and oxygen atoms in total.